The van der Waals surface area contributed by atoms with Crippen LogP contribution in [0.3, 0.4) is 0 Å². The number of carbonyl (C=O) groups excluding carboxylic acids is 1. The van der Waals surface area contributed by atoms with Crippen molar-refractivity contribution >= 4 is 23.3 Å². The predicted molar refractivity (Wildman–Crippen MR) is 34.3 cm³/mol. The van der Waals surface area contributed by atoms with Crippen molar-refractivity contribution in [2.24, 2.45) is 0 Å². The average Bonchev–Trinajstić information content (AvgIpc) is 1.35. The Hall–Kier alpha value is 0.00247. The predicted octanol–water partition coefficient (Wildman–Crippen LogP) is -1.04. The van der Waals surface area contributed by atoms with E-state index in [0.717, 1.165) is 6.54 Å². The van der Waals surface area contributed by atoms with Gasteiger partial charge in [0.2, 0.25) is 5.91 Å². The normalized spacial score (nSPS) is 6.57. The van der Waals surface area contributed by atoms with Gasteiger partial charge in [0.15, 0.2) is 17.4 Å². The van der Waals surface area contributed by atoms with Gasteiger partial charge in [0.1, 0.15) is 0 Å². The van der Waals surface area contributed by atoms with Crippen LogP contribution < -0.4 is 5.32 Å². The second-order valence-corrected chi connectivity index (χ2v) is 1.09. The molecule has 0 bridgehead atoms. The van der Waals surface area contributed by atoms with Crippen LogP contribution in [-0.4, -0.2) is 29.8 Å². The average molecular weight is 117 g/mol. The molecule has 3 heteroatoms. The van der Waals surface area contributed by atoms with Gasteiger partial charge in [-0.1, -0.05) is 0 Å². The van der Waals surface area contributed by atoms with Crippen LogP contribution in [0.2, 0.25) is 0 Å². The summed E-state index contributed by atoms with van der Waals surface area (Å²) in [7, 11) is 0. The third kappa shape index (κ3) is 10.7. The van der Waals surface area contributed by atoms with E-state index in [9.17, 15) is 4.79 Å². The fourth-order valence-corrected chi connectivity index (χ4v) is 0.249. The van der Waals surface area contributed by atoms with E-state index < -0.39 is 0 Å². The molecule has 0 saturated heterocycles. The molecule has 0 radical (unpaired) electrons. The topological polar surface area (TPSA) is 29.1 Å². The van der Waals surface area contributed by atoms with Gasteiger partial charge in [-0.2, -0.15) is 0 Å². The molecule has 0 rings (SSSR count). The lowest BCUT2D eigenvalue weighted by Crippen LogP contribution is -2.18. The number of carbonyl (C=O) groups is 1. The van der Waals surface area contributed by atoms with Gasteiger partial charge in [-0.05, 0) is 6.92 Å². The lowest BCUT2D eigenvalue weighted by molar-refractivity contribution is -0.118. The Labute approximate surface area is 54.4 Å². The number of amides is 1. The first-order valence-electron chi connectivity index (χ1n) is 2.01. The Morgan fingerprint density at radius 2 is 2.14 bits per heavy atom. The molecule has 0 aromatic heterocycles. The van der Waals surface area contributed by atoms with Gasteiger partial charge in [-0.15, -0.1) is 0 Å². The molecule has 1 N–H and O–H groups in total. The first-order chi connectivity index (χ1) is 2.77. The maximum absolute atomic E-state index is 9.93. The Bertz CT molecular complexity index is 55.7. The number of hydrogen-bond acceptors (Lipinski definition) is 1. The number of hydrogen-bond donors (Lipinski definition) is 1. The fourth-order valence-electron chi connectivity index (χ4n) is 0.249. The number of rotatable bonds is 1. The van der Waals surface area contributed by atoms with Crippen molar-refractivity contribution in [2.45, 2.75) is 13.8 Å². The molecule has 0 aromatic rings. The highest BCUT2D eigenvalue weighted by Gasteiger charge is 1.78. The molecule has 0 atom stereocenters. The van der Waals surface area contributed by atoms with Crippen LogP contribution in [0, 0.1) is 0 Å². The summed E-state index contributed by atoms with van der Waals surface area (Å²) in [6.07, 6.45) is 0. The minimum Gasteiger partial charge on any atom is -0.357 e. The van der Waals surface area contributed by atoms with Crippen LogP contribution in [0.4, 0.5) is 0 Å². The Balaban J connectivity index is 0. The molecule has 0 spiro atoms. The SMILES string of the molecule is CCNC(C)=O.[AlH3]. The first kappa shape index (κ1) is 10.1. The molecular formula is C4H12AlNO. The van der Waals surface area contributed by atoms with Crippen molar-refractivity contribution < 1.29 is 4.79 Å². The summed E-state index contributed by atoms with van der Waals surface area (Å²) >= 11 is 0. The van der Waals surface area contributed by atoms with E-state index in [1.165, 1.54) is 6.92 Å². The molecule has 0 aliphatic heterocycles. The van der Waals surface area contributed by atoms with Crippen molar-refractivity contribution in [1.82, 2.24) is 5.32 Å². The zero-order chi connectivity index (χ0) is 4.99. The molecule has 0 saturated carbocycles. The summed E-state index contributed by atoms with van der Waals surface area (Å²) in [5.74, 6) is 0.0394. The second-order valence-electron chi connectivity index (χ2n) is 1.09. The Morgan fingerprint density at radius 1 is 1.71 bits per heavy atom. The van der Waals surface area contributed by atoms with Gasteiger partial charge >= 0.3 is 0 Å². The molecule has 1 amide bonds. The Morgan fingerprint density at radius 3 is 2.14 bits per heavy atom. The standard InChI is InChI=1S/C4H9NO.Al.3H/c1-3-5-4(2)6;;;;/h3H2,1-2H3,(H,5,6);;;;. The molecular weight excluding hydrogens is 105 g/mol. The maximum Gasteiger partial charge on any atom is 0.216 e. The van der Waals surface area contributed by atoms with E-state index in [-0.39, 0.29) is 23.3 Å². The van der Waals surface area contributed by atoms with Gasteiger partial charge < -0.3 is 5.32 Å². The summed E-state index contributed by atoms with van der Waals surface area (Å²) in [5, 5.41) is 2.57. The van der Waals surface area contributed by atoms with E-state index in [0.29, 0.717) is 0 Å². The van der Waals surface area contributed by atoms with Gasteiger partial charge in [-0.25, -0.2) is 0 Å². The molecule has 0 heterocycles. The van der Waals surface area contributed by atoms with Gasteiger partial charge in [-0.3, -0.25) is 4.79 Å². The monoisotopic (exact) mass is 117 g/mol. The smallest absolute Gasteiger partial charge is 0.216 e. The van der Waals surface area contributed by atoms with Crippen LogP contribution in [0.5, 0.6) is 0 Å². The van der Waals surface area contributed by atoms with Crippen LogP contribution in [0.1, 0.15) is 13.8 Å². The Kier molecular flexibility index (Phi) is 8.65. The minimum absolute atomic E-state index is 0. The van der Waals surface area contributed by atoms with Crippen LogP contribution in [0.15, 0.2) is 0 Å². The van der Waals surface area contributed by atoms with E-state index >= 15 is 0 Å². The largest absolute Gasteiger partial charge is 0.357 e. The highest BCUT2D eigenvalue weighted by atomic mass is 27.0. The summed E-state index contributed by atoms with van der Waals surface area (Å²) in [6, 6.07) is 0. The minimum atomic E-state index is 0. The van der Waals surface area contributed by atoms with Gasteiger partial charge in [0, 0.05) is 13.5 Å². The van der Waals surface area contributed by atoms with E-state index in [1.54, 1.807) is 0 Å². The highest BCUT2D eigenvalue weighted by molar-refractivity contribution is 5.75. The molecule has 0 unspecified atom stereocenters. The van der Waals surface area contributed by atoms with Crippen molar-refractivity contribution in [3.05, 3.63) is 0 Å². The molecule has 0 aromatic carbocycles. The first-order valence-corrected chi connectivity index (χ1v) is 2.01. The van der Waals surface area contributed by atoms with E-state index in [1.807, 2.05) is 6.92 Å². The zero-order valence-corrected chi connectivity index (χ0v) is 4.12. The quantitative estimate of drug-likeness (QED) is 0.437. The third-order valence-corrected chi connectivity index (χ3v) is 0.426. The summed E-state index contributed by atoms with van der Waals surface area (Å²) in [4.78, 5) is 9.93. The molecule has 0 fully saturated rings. The lowest BCUT2D eigenvalue weighted by atomic mass is 10.6. The molecule has 0 aliphatic carbocycles. The van der Waals surface area contributed by atoms with Crippen LogP contribution in [0.25, 0.3) is 0 Å². The maximum atomic E-state index is 9.93. The van der Waals surface area contributed by atoms with Crippen molar-refractivity contribution in [3.8, 4) is 0 Å². The van der Waals surface area contributed by atoms with Crippen molar-refractivity contribution in [3.63, 3.8) is 0 Å². The summed E-state index contributed by atoms with van der Waals surface area (Å²) in [5.41, 5.74) is 0. The van der Waals surface area contributed by atoms with E-state index in [4.69, 9.17) is 0 Å². The molecule has 7 heavy (non-hydrogen) atoms. The third-order valence-electron chi connectivity index (χ3n) is 0.426. The highest BCUT2D eigenvalue weighted by Crippen LogP contribution is 1.54. The summed E-state index contributed by atoms with van der Waals surface area (Å²) < 4.78 is 0. The van der Waals surface area contributed by atoms with Gasteiger partial charge in [0.05, 0.1) is 0 Å². The number of nitrogens with one attached hydrogen (secondary N) is 1. The second kappa shape index (κ2) is 6.00. The van der Waals surface area contributed by atoms with Crippen molar-refractivity contribution in [1.29, 1.82) is 0 Å². The zero-order valence-electron chi connectivity index (χ0n) is 4.12. The van der Waals surface area contributed by atoms with Crippen molar-refractivity contribution in [2.75, 3.05) is 6.54 Å². The summed E-state index contributed by atoms with van der Waals surface area (Å²) in [6.45, 7) is 4.13. The van der Waals surface area contributed by atoms with Crippen LogP contribution >= 0.6 is 0 Å². The van der Waals surface area contributed by atoms with Gasteiger partial charge in [0.25, 0.3) is 0 Å². The fraction of sp³-hybridized carbons (Fsp3) is 0.750. The van der Waals surface area contributed by atoms with E-state index in [2.05, 4.69) is 5.32 Å². The van der Waals surface area contributed by atoms with Crippen LogP contribution in [-0.2, 0) is 4.79 Å². The molecule has 42 valence electrons. The molecule has 0 aliphatic rings. The molecule has 2 nitrogen and oxygen atoms in total. The lowest BCUT2D eigenvalue weighted by Gasteiger charge is -1.88.